The van der Waals surface area contributed by atoms with Crippen LogP contribution in [0.25, 0.3) is 0 Å². The summed E-state index contributed by atoms with van der Waals surface area (Å²) in [4.78, 5) is 11.3. The highest BCUT2D eigenvalue weighted by Gasteiger charge is 2.25. The molecule has 0 aliphatic carbocycles. The summed E-state index contributed by atoms with van der Waals surface area (Å²) in [7, 11) is 0. The number of hydrogen-bond donors (Lipinski definition) is 1. The average Bonchev–Trinajstić information content (AvgIpc) is 2.05. The SMILES string of the molecule is CCOC(=O)[C@@H]1CCN[C@H](C)C1.Cl. The van der Waals surface area contributed by atoms with Crippen molar-refractivity contribution in [3.63, 3.8) is 0 Å². The van der Waals surface area contributed by atoms with E-state index in [9.17, 15) is 4.79 Å². The van der Waals surface area contributed by atoms with E-state index in [1.165, 1.54) is 0 Å². The summed E-state index contributed by atoms with van der Waals surface area (Å²) < 4.78 is 4.96. The summed E-state index contributed by atoms with van der Waals surface area (Å²) in [5, 5.41) is 3.30. The molecule has 78 valence electrons. The van der Waals surface area contributed by atoms with Gasteiger partial charge in [0.05, 0.1) is 12.5 Å². The molecule has 2 atom stereocenters. The maximum Gasteiger partial charge on any atom is 0.309 e. The molecule has 1 rings (SSSR count). The average molecular weight is 208 g/mol. The lowest BCUT2D eigenvalue weighted by Crippen LogP contribution is -2.39. The molecule has 0 aromatic carbocycles. The van der Waals surface area contributed by atoms with Crippen molar-refractivity contribution in [1.82, 2.24) is 5.32 Å². The largest absolute Gasteiger partial charge is 0.466 e. The minimum atomic E-state index is -0.0224. The molecular formula is C9H18ClNO2. The zero-order chi connectivity index (χ0) is 8.97. The van der Waals surface area contributed by atoms with Gasteiger partial charge in [0.1, 0.15) is 0 Å². The number of rotatable bonds is 2. The normalized spacial score (nSPS) is 27.5. The monoisotopic (exact) mass is 207 g/mol. The third kappa shape index (κ3) is 3.96. The Hall–Kier alpha value is -0.280. The van der Waals surface area contributed by atoms with E-state index in [1.807, 2.05) is 6.92 Å². The van der Waals surface area contributed by atoms with Gasteiger partial charge in [-0.15, -0.1) is 12.4 Å². The summed E-state index contributed by atoms with van der Waals surface area (Å²) in [6.45, 7) is 5.38. The van der Waals surface area contributed by atoms with Crippen LogP contribution in [0.2, 0.25) is 0 Å². The molecule has 0 radical (unpaired) electrons. The van der Waals surface area contributed by atoms with Crippen LogP contribution in [-0.4, -0.2) is 25.2 Å². The molecule has 1 fully saturated rings. The minimum absolute atomic E-state index is 0. The topological polar surface area (TPSA) is 38.3 Å². The summed E-state index contributed by atoms with van der Waals surface area (Å²) >= 11 is 0. The quantitative estimate of drug-likeness (QED) is 0.695. The van der Waals surface area contributed by atoms with E-state index in [0.29, 0.717) is 12.6 Å². The Kier molecular flexibility index (Phi) is 6.08. The highest BCUT2D eigenvalue weighted by atomic mass is 35.5. The number of piperidine rings is 1. The van der Waals surface area contributed by atoms with Crippen molar-refractivity contribution in [2.75, 3.05) is 13.2 Å². The summed E-state index contributed by atoms with van der Waals surface area (Å²) in [6.07, 6.45) is 1.84. The van der Waals surface area contributed by atoms with E-state index in [4.69, 9.17) is 4.74 Å². The Bertz CT molecular complexity index is 164. The Balaban J connectivity index is 0.00000144. The molecule has 0 aromatic heterocycles. The van der Waals surface area contributed by atoms with Crippen LogP contribution >= 0.6 is 12.4 Å². The Morgan fingerprint density at radius 3 is 2.85 bits per heavy atom. The van der Waals surface area contributed by atoms with Crippen LogP contribution in [-0.2, 0) is 9.53 Å². The third-order valence-electron chi connectivity index (χ3n) is 2.24. The van der Waals surface area contributed by atoms with Crippen molar-refractivity contribution in [2.24, 2.45) is 5.92 Å². The first kappa shape index (κ1) is 12.7. The lowest BCUT2D eigenvalue weighted by atomic mass is 9.93. The Morgan fingerprint density at radius 1 is 1.62 bits per heavy atom. The molecule has 3 nitrogen and oxygen atoms in total. The fourth-order valence-corrected chi connectivity index (χ4v) is 1.61. The second-order valence-corrected chi connectivity index (χ2v) is 3.33. The highest BCUT2D eigenvalue weighted by molar-refractivity contribution is 5.85. The van der Waals surface area contributed by atoms with Crippen molar-refractivity contribution < 1.29 is 9.53 Å². The van der Waals surface area contributed by atoms with Crippen molar-refractivity contribution in [2.45, 2.75) is 32.7 Å². The molecule has 1 heterocycles. The van der Waals surface area contributed by atoms with Gasteiger partial charge in [-0.3, -0.25) is 4.79 Å². The summed E-state index contributed by atoms with van der Waals surface area (Å²) in [5.41, 5.74) is 0. The first-order valence-corrected chi connectivity index (χ1v) is 4.64. The molecular weight excluding hydrogens is 190 g/mol. The number of ether oxygens (including phenoxy) is 1. The number of carbonyl (C=O) groups is 1. The molecule has 0 saturated carbocycles. The minimum Gasteiger partial charge on any atom is -0.466 e. The van der Waals surface area contributed by atoms with Crippen molar-refractivity contribution >= 4 is 18.4 Å². The van der Waals surface area contributed by atoms with Crippen LogP contribution in [0.5, 0.6) is 0 Å². The van der Waals surface area contributed by atoms with Crippen molar-refractivity contribution in [3.05, 3.63) is 0 Å². The molecule has 0 bridgehead atoms. The summed E-state index contributed by atoms with van der Waals surface area (Å²) in [5.74, 6) is 0.104. The van der Waals surface area contributed by atoms with Gasteiger partial charge in [0.15, 0.2) is 0 Å². The molecule has 1 aliphatic heterocycles. The lowest BCUT2D eigenvalue weighted by molar-refractivity contribution is -0.149. The fraction of sp³-hybridized carbons (Fsp3) is 0.889. The van der Waals surface area contributed by atoms with Gasteiger partial charge in [-0.1, -0.05) is 0 Å². The maximum atomic E-state index is 11.3. The first-order chi connectivity index (χ1) is 5.74. The van der Waals surface area contributed by atoms with Gasteiger partial charge in [-0.25, -0.2) is 0 Å². The molecule has 0 amide bonds. The van der Waals surface area contributed by atoms with Gasteiger partial charge in [0.25, 0.3) is 0 Å². The lowest BCUT2D eigenvalue weighted by Gasteiger charge is -2.26. The van der Waals surface area contributed by atoms with Crippen LogP contribution in [0.4, 0.5) is 0 Å². The van der Waals surface area contributed by atoms with E-state index in [1.54, 1.807) is 0 Å². The van der Waals surface area contributed by atoms with E-state index in [0.717, 1.165) is 19.4 Å². The van der Waals surface area contributed by atoms with Crippen LogP contribution in [0.3, 0.4) is 0 Å². The maximum absolute atomic E-state index is 11.3. The number of carbonyl (C=O) groups excluding carboxylic acids is 1. The molecule has 13 heavy (non-hydrogen) atoms. The number of esters is 1. The Labute approximate surface area is 85.6 Å². The standard InChI is InChI=1S/C9H17NO2.ClH/c1-3-12-9(11)8-4-5-10-7(2)6-8;/h7-8,10H,3-6H2,1-2H3;1H/t7-,8-;/m1./s1. The molecule has 1 N–H and O–H groups in total. The second-order valence-electron chi connectivity index (χ2n) is 3.33. The first-order valence-electron chi connectivity index (χ1n) is 4.64. The van der Waals surface area contributed by atoms with Crippen LogP contribution < -0.4 is 5.32 Å². The van der Waals surface area contributed by atoms with Gasteiger partial charge >= 0.3 is 5.97 Å². The molecule has 1 saturated heterocycles. The molecule has 1 aliphatic rings. The van der Waals surface area contributed by atoms with Gasteiger partial charge < -0.3 is 10.1 Å². The van der Waals surface area contributed by atoms with E-state index in [-0.39, 0.29) is 24.3 Å². The Morgan fingerprint density at radius 2 is 2.31 bits per heavy atom. The highest BCUT2D eigenvalue weighted by Crippen LogP contribution is 2.17. The predicted octanol–water partition coefficient (Wildman–Crippen LogP) is 1.36. The van der Waals surface area contributed by atoms with Gasteiger partial charge in [-0.2, -0.15) is 0 Å². The molecule has 0 unspecified atom stereocenters. The zero-order valence-electron chi connectivity index (χ0n) is 8.21. The van der Waals surface area contributed by atoms with Crippen LogP contribution in [0, 0.1) is 5.92 Å². The van der Waals surface area contributed by atoms with Crippen LogP contribution in [0.1, 0.15) is 26.7 Å². The summed E-state index contributed by atoms with van der Waals surface area (Å²) in [6, 6.07) is 0.452. The number of halogens is 1. The number of hydrogen-bond acceptors (Lipinski definition) is 3. The van der Waals surface area contributed by atoms with Crippen LogP contribution in [0.15, 0.2) is 0 Å². The van der Waals surface area contributed by atoms with Crippen molar-refractivity contribution in [1.29, 1.82) is 0 Å². The molecule has 0 aromatic rings. The third-order valence-corrected chi connectivity index (χ3v) is 2.24. The van der Waals surface area contributed by atoms with Crippen molar-refractivity contribution in [3.8, 4) is 0 Å². The van der Waals surface area contributed by atoms with E-state index < -0.39 is 0 Å². The number of nitrogens with one attached hydrogen (secondary N) is 1. The predicted molar refractivity (Wildman–Crippen MR) is 54.1 cm³/mol. The van der Waals surface area contributed by atoms with Gasteiger partial charge in [0, 0.05) is 6.04 Å². The fourth-order valence-electron chi connectivity index (χ4n) is 1.61. The molecule has 4 heteroatoms. The van der Waals surface area contributed by atoms with Gasteiger partial charge in [0.2, 0.25) is 0 Å². The molecule has 0 spiro atoms. The van der Waals surface area contributed by atoms with E-state index in [2.05, 4.69) is 12.2 Å². The van der Waals surface area contributed by atoms with Gasteiger partial charge in [-0.05, 0) is 33.2 Å². The zero-order valence-corrected chi connectivity index (χ0v) is 9.02. The smallest absolute Gasteiger partial charge is 0.309 e. The van der Waals surface area contributed by atoms with E-state index >= 15 is 0 Å². The second kappa shape index (κ2) is 6.22.